The van der Waals surface area contributed by atoms with E-state index in [1.54, 1.807) is 6.07 Å². The molecule has 0 aliphatic heterocycles. The highest BCUT2D eigenvalue weighted by Gasteiger charge is 2.16. The van der Waals surface area contributed by atoms with Gasteiger partial charge in [0.25, 0.3) is 0 Å². The Balaban J connectivity index is 2.15. The van der Waals surface area contributed by atoms with E-state index in [-0.39, 0.29) is 12.3 Å². The number of carboxylic acid groups (broad SMARTS) is 1. The van der Waals surface area contributed by atoms with Gasteiger partial charge in [-0.05, 0) is 35.6 Å². The van der Waals surface area contributed by atoms with Gasteiger partial charge in [-0.15, -0.1) is 0 Å². The monoisotopic (exact) mass is 316 g/mol. The second kappa shape index (κ2) is 8.32. The fraction of sp³-hybridized carbons (Fsp3) is 0.316. The van der Waals surface area contributed by atoms with Crippen molar-refractivity contribution in [2.75, 3.05) is 0 Å². The SMILES string of the molecule is CCC[C@H](CC(=O)O)c1cc(F)cc(OCc2ccccc2)c1. The van der Waals surface area contributed by atoms with Crippen LogP contribution in [-0.2, 0) is 11.4 Å². The van der Waals surface area contributed by atoms with Crippen LogP contribution in [0.1, 0.15) is 43.2 Å². The number of carboxylic acids is 1. The van der Waals surface area contributed by atoms with Gasteiger partial charge in [0.1, 0.15) is 18.2 Å². The van der Waals surface area contributed by atoms with E-state index in [0.717, 1.165) is 12.0 Å². The first-order valence-corrected chi connectivity index (χ1v) is 7.77. The minimum Gasteiger partial charge on any atom is -0.489 e. The maximum atomic E-state index is 13.9. The summed E-state index contributed by atoms with van der Waals surface area (Å²) in [5.74, 6) is -1.06. The number of ether oxygens (including phenoxy) is 1. The van der Waals surface area contributed by atoms with Crippen molar-refractivity contribution in [1.82, 2.24) is 0 Å². The lowest BCUT2D eigenvalue weighted by Gasteiger charge is -2.16. The van der Waals surface area contributed by atoms with Crippen LogP contribution in [0.2, 0.25) is 0 Å². The van der Waals surface area contributed by atoms with Crippen molar-refractivity contribution in [3.05, 3.63) is 65.5 Å². The van der Waals surface area contributed by atoms with E-state index in [9.17, 15) is 9.18 Å². The molecule has 0 saturated heterocycles. The predicted molar refractivity (Wildman–Crippen MR) is 87.1 cm³/mol. The molecular weight excluding hydrogens is 295 g/mol. The Hall–Kier alpha value is -2.36. The maximum absolute atomic E-state index is 13.9. The Labute approximate surface area is 135 Å². The van der Waals surface area contributed by atoms with E-state index in [1.807, 2.05) is 37.3 Å². The van der Waals surface area contributed by atoms with Gasteiger partial charge in [0.15, 0.2) is 0 Å². The van der Waals surface area contributed by atoms with Crippen LogP contribution in [0.25, 0.3) is 0 Å². The smallest absolute Gasteiger partial charge is 0.303 e. The minimum atomic E-state index is -0.875. The molecule has 0 radical (unpaired) electrons. The van der Waals surface area contributed by atoms with Crippen molar-refractivity contribution < 1.29 is 19.0 Å². The molecule has 0 fully saturated rings. The summed E-state index contributed by atoms with van der Waals surface area (Å²) in [6.45, 7) is 2.34. The molecule has 0 heterocycles. The summed E-state index contributed by atoms with van der Waals surface area (Å²) in [4.78, 5) is 11.0. The molecule has 2 aromatic rings. The average molecular weight is 316 g/mol. The first-order valence-electron chi connectivity index (χ1n) is 7.77. The Morgan fingerprint density at radius 2 is 1.96 bits per heavy atom. The summed E-state index contributed by atoms with van der Waals surface area (Å²) in [7, 11) is 0. The summed E-state index contributed by atoms with van der Waals surface area (Å²) in [5.41, 5.74) is 1.67. The fourth-order valence-corrected chi connectivity index (χ4v) is 2.59. The maximum Gasteiger partial charge on any atom is 0.303 e. The van der Waals surface area contributed by atoms with Crippen LogP contribution in [-0.4, -0.2) is 11.1 Å². The second-order valence-corrected chi connectivity index (χ2v) is 5.58. The van der Waals surface area contributed by atoms with Crippen molar-refractivity contribution >= 4 is 5.97 Å². The zero-order chi connectivity index (χ0) is 16.7. The molecule has 3 nitrogen and oxygen atoms in total. The summed E-state index contributed by atoms with van der Waals surface area (Å²) in [6.07, 6.45) is 1.54. The molecule has 0 spiro atoms. The van der Waals surface area contributed by atoms with Gasteiger partial charge in [-0.25, -0.2) is 4.39 Å². The van der Waals surface area contributed by atoms with Crippen molar-refractivity contribution in [3.8, 4) is 5.75 Å². The Bertz CT molecular complexity index is 640. The van der Waals surface area contributed by atoms with Crippen molar-refractivity contribution in [2.24, 2.45) is 0 Å². The first-order chi connectivity index (χ1) is 11.1. The lowest BCUT2D eigenvalue weighted by atomic mass is 9.91. The highest BCUT2D eigenvalue weighted by molar-refractivity contribution is 5.68. The molecule has 23 heavy (non-hydrogen) atoms. The second-order valence-electron chi connectivity index (χ2n) is 5.58. The molecule has 0 unspecified atom stereocenters. The van der Waals surface area contributed by atoms with Gasteiger partial charge in [0.05, 0.1) is 6.42 Å². The Morgan fingerprint density at radius 1 is 1.22 bits per heavy atom. The molecule has 0 aliphatic rings. The molecule has 0 saturated carbocycles. The van der Waals surface area contributed by atoms with Gasteiger partial charge in [0.2, 0.25) is 0 Å². The van der Waals surface area contributed by atoms with Gasteiger partial charge >= 0.3 is 5.97 Å². The number of hydrogen-bond acceptors (Lipinski definition) is 2. The topological polar surface area (TPSA) is 46.5 Å². The van der Waals surface area contributed by atoms with Gasteiger partial charge in [0, 0.05) is 6.07 Å². The molecular formula is C19H21FO3. The van der Waals surface area contributed by atoms with E-state index >= 15 is 0 Å². The zero-order valence-electron chi connectivity index (χ0n) is 13.2. The van der Waals surface area contributed by atoms with Gasteiger partial charge in [-0.2, -0.15) is 0 Å². The molecule has 0 aromatic heterocycles. The van der Waals surface area contributed by atoms with Crippen LogP contribution in [0.5, 0.6) is 5.75 Å². The lowest BCUT2D eigenvalue weighted by molar-refractivity contribution is -0.137. The Kier molecular flexibility index (Phi) is 6.15. The van der Waals surface area contributed by atoms with E-state index < -0.39 is 11.8 Å². The largest absolute Gasteiger partial charge is 0.489 e. The molecule has 2 rings (SSSR count). The number of aliphatic carboxylic acids is 1. The Morgan fingerprint density at radius 3 is 2.61 bits per heavy atom. The summed E-state index contributed by atoms with van der Waals surface area (Å²) >= 11 is 0. The van der Waals surface area contributed by atoms with Crippen molar-refractivity contribution in [1.29, 1.82) is 0 Å². The summed E-state index contributed by atoms with van der Waals surface area (Å²) in [5, 5.41) is 9.04. The lowest BCUT2D eigenvalue weighted by Crippen LogP contribution is -2.07. The molecule has 0 bridgehead atoms. The molecule has 0 aliphatic carbocycles. The molecule has 122 valence electrons. The number of halogens is 1. The van der Waals surface area contributed by atoms with Crippen LogP contribution in [0.15, 0.2) is 48.5 Å². The average Bonchev–Trinajstić information content (AvgIpc) is 2.53. The van der Waals surface area contributed by atoms with E-state index in [4.69, 9.17) is 9.84 Å². The molecule has 1 atom stereocenters. The van der Waals surface area contributed by atoms with Gasteiger partial charge < -0.3 is 9.84 Å². The summed E-state index contributed by atoms with van der Waals surface area (Å²) in [6, 6.07) is 14.1. The quantitative estimate of drug-likeness (QED) is 0.763. The number of benzene rings is 2. The van der Waals surface area contributed by atoms with Crippen molar-refractivity contribution in [2.45, 2.75) is 38.7 Å². The van der Waals surface area contributed by atoms with Crippen LogP contribution >= 0.6 is 0 Å². The third-order valence-electron chi connectivity index (χ3n) is 3.67. The number of carbonyl (C=O) groups is 1. The van der Waals surface area contributed by atoms with Crippen LogP contribution in [0.4, 0.5) is 4.39 Å². The highest BCUT2D eigenvalue weighted by atomic mass is 19.1. The normalized spacial score (nSPS) is 11.9. The van der Waals surface area contributed by atoms with E-state index in [2.05, 4.69) is 0 Å². The molecule has 0 amide bonds. The minimum absolute atomic E-state index is 0.00455. The van der Waals surface area contributed by atoms with Crippen LogP contribution in [0, 0.1) is 5.82 Å². The van der Waals surface area contributed by atoms with Crippen molar-refractivity contribution in [3.63, 3.8) is 0 Å². The molecule has 2 aromatic carbocycles. The first kappa shape index (κ1) is 17.0. The van der Waals surface area contributed by atoms with Gasteiger partial charge in [-0.1, -0.05) is 43.7 Å². The van der Waals surface area contributed by atoms with E-state index in [1.165, 1.54) is 12.1 Å². The molecule has 1 N–H and O–H groups in total. The number of hydrogen-bond donors (Lipinski definition) is 1. The van der Waals surface area contributed by atoms with Crippen LogP contribution < -0.4 is 4.74 Å². The fourth-order valence-electron chi connectivity index (χ4n) is 2.59. The molecule has 4 heteroatoms. The predicted octanol–water partition coefficient (Wildman–Crippen LogP) is 4.76. The third kappa shape index (κ3) is 5.40. The third-order valence-corrected chi connectivity index (χ3v) is 3.67. The van der Waals surface area contributed by atoms with E-state index in [0.29, 0.717) is 24.3 Å². The standard InChI is InChI=1S/C19H21FO3/c1-2-6-15(11-19(21)22)16-9-17(20)12-18(10-16)23-13-14-7-4-3-5-8-14/h3-5,7-10,12,15H,2,6,11,13H2,1H3,(H,21,22)/t15-/m1/s1. The zero-order valence-corrected chi connectivity index (χ0v) is 13.2. The van der Waals surface area contributed by atoms with Crippen LogP contribution in [0.3, 0.4) is 0 Å². The highest BCUT2D eigenvalue weighted by Crippen LogP contribution is 2.29. The van der Waals surface area contributed by atoms with Gasteiger partial charge in [-0.3, -0.25) is 4.79 Å². The number of rotatable bonds is 8. The summed E-state index contributed by atoms with van der Waals surface area (Å²) < 4.78 is 19.5.